The lowest BCUT2D eigenvalue weighted by Crippen LogP contribution is -2.43. The fourth-order valence-electron chi connectivity index (χ4n) is 4.24. The molecule has 2 aromatic carbocycles. The van der Waals surface area contributed by atoms with Crippen LogP contribution in [0.1, 0.15) is 31.2 Å². The van der Waals surface area contributed by atoms with E-state index in [0.29, 0.717) is 12.2 Å². The van der Waals surface area contributed by atoms with E-state index in [2.05, 4.69) is 4.90 Å². The van der Waals surface area contributed by atoms with Gasteiger partial charge in [-0.2, -0.15) is 13.2 Å². The molecule has 4 rings (SSSR count). The number of aliphatic hydroxyl groups is 1. The summed E-state index contributed by atoms with van der Waals surface area (Å²) in [5.74, 6) is 0. The predicted molar refractivity (Wildman–Crippen MR) is 110 cm³/mol. The minimum atomic E-state index is -4.36. The maximum absolute atomic E-state index is 13.3. The fourth-order valence-corrected chi connectivity index (χ4v) is 5.32. The molecule has 2 aliphatic rings. The van der Waals surface area contributed by atoms with Gasteiger partial charge in [0.2, 0.25) is 0 Å². The Hall–Kier alpha value is -1.70. The third-order valence-corrected chi connectivity index (χ3v) is 6.87. The summed E-state index contributed by atoms with van der Waals surface area (Å²) in [6, 6.07) is 12.1. The van der Waals surface area contributed by atoms with Gasteiger partial charge in [-0.1, -0.05) is 30.3 Å². The number of para-hydroxylation sites is 1. The Balaban J connectivity index is 1.57. The number of nitrogens with zero attached hydrogens (tertiary/aromatic N) is 2. The van der Waals surface area contributed by atoms with Gasteiger partial charge >= 0.3 is 6.18 Å². The maximum Gasteiger partial charge on any atom is 0.416 e. The van der Waals surface area contributed by atoms with E-state index >= 15 is 0 Å². The van der Waals surface area contributed by atoms with Gasteiger partial charge in [-0.15, -0.1) is 0 Å². The van der Waals surface area contributed by atoms with Crippen molar-refractivity contribution in [3.63, 3.8) is 0 Å². The van der Waals surface area contributed by atoms with Gasteiger partial charge in [0.05, 0.1) is 23.5 Å². The molecule has 0 aromatic heterocycles. The number of piperidine rings is 1. The number of anilines is 2. The summed E-state index contributed by atoms with van der Waals surface area (Å²) in [6.07, 6.45) is -0.239. The molecule has 1 fully saturated rings. The average molecular weight is 423 g/mol. The average Bonchev–Trinajstić information content (AvgIpc) is 2.72. The maximum atomic E-state index is 13.3. The van der Waals surface area contributed by atoms with Crippen LogP contribution >= 0.6 is 11.8 Å². The summed E-state index contributed by atoms with van der Waals surface area (Å²) in [5.41, 5.74) is 0.972. The topological polar surface area (TPSA) is 26.7 Å². The zero-order valence-corrected chi connectivity index (χ0v) is 17.0. The molecule has 0 spiro atoms. The van der Waals surface area contributed by atoms with Crippen LogP contribution in [0.3, 0.4) is 0 Å². The number of hydrogen-bond donors (Lipinski definition) is 1. The lowest BCUT2D eigenvalue weighted by atomic mass is 10.0. The van der Waals surface area contributed by atoms with Crippen molar-refractivity contribution in [2.75, 3.05) is 31.1 Å². The van der Waals surface area contributed by atoms with E-state index in [1.165, 1.54) is 17.8 Å². The molecule has 2 aliphatic heterocycles. The SMILES string of the molecule is OCC1CCCCN1CCCN1c2ccccc2Sc2ccc(C(F)(F)F)cc21. The highest BCUT2D eigenvalue weighted by Gasteiger charge is 2.33. The Morgan fingerprint density at radius 2 is 1.79 bits per heavy atom. The van der Waals surface area contributed by atoms with E-state index in [4.69, 9.17) is 0 Å². The van der Waals surface area contributed by atoms with Crippen molar-refractivity contribution in [2.24, 2.45) is 0 Å². The van der Waals surface area contributed by atoms with Crippen LogP contribution < -0.4 is 4.90 Å². The van der Waals surface area contributed by atoms with Crippen molar-refractivity contribution in [1.29, 1.82) is 0 Å². The van der Waals surface area contributed by atoms with Crippen molar-refractivity contribution in [3.8, 4) is 0 Å². The second kappa shape index (κ2) is 8.58. The zero-order chi connectivity index (χ0) is 20.4. The van der Waals surface area contributed by atoms with Gasteiger partial charge in [0.15, 0.2) is 0 Å². The Morgan fingerprint density at radius 3 is 2.59 bits per heavy atom. The molecule has 1 unspecified atom stereocenters. The molecule has 0 amide bonds. The highest BCUT2D eigenvalue weighted by Crippen LogP contribution is 2.49. The van der Waals surface area contributed by atoms with Crippen LogP contribution in [-0.2, 0) is 6.18 Å². The number of likely N-dealkylation sites (tertiary alicyclic amines) is 1. The van der Waals surface area contributed by atoms with E-state index in [1.54, 1.807) is 6.07 Å². The standard InChI is InChI=1S/C22H25F3N2OS/c23-22(24,25)16-9-10-21-19(14-16)27(18-7-1-2-8-20(18)29-21)13-5-12-26-11-4-3-6-17(26)15-28/h1-2,7-10,14,17,28H,3-6,11-13,15H2. The van der Waals surface area contributed by atoms with Crippen LogP contribution in [0.15, 0.2) is 52.3 Å². The summed E-state index contributed by atoms with van der Waals surface area (Å²) in [4.78, 5) is 6.25. The van der Waals surface area contributed by atoms with Crippen LogP contribution in [0.2, 0.25) is 0 Å². The zero-order valence-electron chi connectivity index (χ0n) is 16.2. The van der Waals surface area contributed by atoms with Crippen molar-refractivity contribution >= 4 is 23.1 Å². The van der Waals surface area contributed by atoms with E-state index < -0.39 is 11.7 Å². The minimum Gasteiger partial charge on any atom is -0.395 e. The minimum absolute atomic E-state index is 0.168. The first-order chi connectivity index (χ1) is 14.0. The first kappa shape index (κ1) is 20.6. The van der Waals surface area contributed by atoms with Crippen LogP contribution in [0, 0.1) is 0 Å². The molecule has 0 bridgehead atoms. The van der Waals surface area contributed by atoms with Gasteiger partial charge in [-0.25, -0.2) is 0 Å². The molecule has 156 valence electrons. The molecule has 3 nitrogen and oxygen atoms in total. The molecule has 1 N–H and O–H groups in total. The molecule has 0 radical (unpaired) electrons. The van der Waals surface area contributed by atoms with Gasteiger partial charge in [0.1, 0.15) is 0 Å². The molecule has 1 saturated heterocycles. The Morgan fingerprint density at radius 1 is 1.00 bits per heavy atom. The van der Waals surface area contributed by atoms with Gasteiger partial charge in [-0.3, -0.25) is 4.90 Å². The molecule has 0 aliphatic carbocycles. The normalized spacial score (nSPS) is 19.7. The number of benzene rings is 2. The van der Waals surface area contributed by atoms with Crippen LogP contribution in [0.5, 0.6) is 0 Å². The van der Waals surface area contributed by atoms with Crippen molar-refractivity contribution in [2.45, 2.75) is 47.7 Å². The third-order valence-electron chi connectivity index (χ3n) is 5.74. The summed E-state index contributed by atoms with van der Waals surface area (Å²) in [6.45, 7) is 2.62. The lowest BCUT2D eigenvalue weighted by molar-refractivity contribution is -0.137. The number of aliphatic hydroxyl groups excluding tert-OH is 1. The van der Waals surface area contributed by atoms with Crippen LogP contribution in [-0.4, -0.2) is 42.3 Å². The van der Waals surface area contributed by atoms with E-state index in [-0.39, 0.29) is 12.6 Å². The monoisotopic (exact) mass is 422 g/mol. The summed E-state index contributed by atoms with van der Waals surface area (Å²) < 4.78 is 39.9. The van der Waals surface area contributed by atoms with Gasteiger partial charge in [0.25, 0.3) is 0 Å². The second-order valence-corrected chi connectivity index (χ2v) is 8.71. The predicted octanol–water partition coefficient (Wildman–Crippen LogP) is 5.55. The number of alkyl halides is 3. The third kappa shape index (κ3) is 4.42. The summed E-state index contributed by atoms with van der Waals surface area (Å²) >= 11 is 1.52. The number of hydrogen-bond acceptors (Lipinski definition) is 4. The fraction of sp³-hybridized carbons (Fsp3) is 0.455. The quantitative estimate of drug-likeness (QED) is 0.684. The van der Waals surface area contributed by atoms with Crippen molar-refractivity contribution in [1.82, 2.24) is 4.90 Å². The molecule has 2 aromatic rings. The second-order valence-electron chi connectivity index (χ2n) is 7.62. The number of halogens is 3. The van der Waals surface area contributed by atoms with Gasteiger partial charge in [0, 0.05) is 28.9 Å². The number of rotatable bonds is 5. The first-order valence-corrected chi connectivity index (χ1v) is 10.9. The Labute approximate surface area is 173 Å². The van der Waals surface area contributed by atoms with Crippen molar-refractivity contribution < 1.29 is 18.3 Å². The lowest BCUT2D eigenvalue weighted by Gasteiger charge is -2.36. The highest BCUT2D eigenvalue weighted by atomic mass is 32.2. The highest BCUT2D eigenvalue weighted by molar-refractivity contribution is 7.99. The smallest absolute Gasteiger partial charge is 0.395 e. The van der Waals surface area contributed by atoms with Gasteiger partial charge < -0.3 is 10.0 Å². The summed E-state index contributed by atoms with van der Waals surface area (Å²) in [7, 11) is 0. The molecule has 7 heteroatoms. The molecular weight excluding hydrogens is 397 g/mol. The van der Waals surface area contributed by atoms with Gasteiger partial charge in [-0.05, 0) is 56.1 Å². The van der Waals surface area contributed by atoms with Crippen LogP contribution in [0.4, 0.5) is 24.5 Å². The summed E-state index contributed by atoms with van der Waals surface area (Å²) in [5, 5.41) is 9.62. The first-order valence-electron chi connectivity index (χ1n) is 10.1. The Bertz CT molecular complexity index is 858. The molecule has 1 atom stereocenters. The van der Waals surface area contributed by atoms with E-state index in [0.717, 1.165) is 60.3 Å². The van der Waals surface area contributed by atoms with E-state index in [1.807, 2.05) is 29.2 Å². The Kier molecular flexibility index (Phi) is 6.08. The molecule has 2 heterocycles. The molecular formula is C22H25F3N2OS. The molecule has 29 heavy (non-hydrogen) atoms. The molecule has 0 saturated carbocycles. The largest absolute Gasteiger partial charge is 0.416 e. The van der Waals surface area contributed by atoms with Crippen LogP contribution in [0.25, 0.3) is 0 Å². The number of fused-ring (bicyclic) bond motifs is 2. The van der Waals surface area contributed by atoms with E-state index in [9.17, 15) is 18.3 Å². The van der Waals surface area contributed by atoms with Crippen molar-refractivity contribution in [3.05, 3.63) is 48.0 Å².